The fourth-order valence-corrected chi connectivity index (χ4v) is 3.57. The average Bonchev–Trinajstić information content (AvgIpc) is 3.11. The minimum atomic E-state index is -0.458. The molecule has 0 aliphatic rings. The first-order chi connectivity index (χ1) is 15.5. The van der Waals surface area contributed by atoms with Gasteiger partial charge in [-0.15, -0.1) is 0 Å². The van der Waals surface area contributed by atoms with E-state index in [1.165, 1.54) is 6.20 Å². The number of carbonyl (C=O) groups is 2. The second-order valence-corrected chi connectivity index (χ2v) is 7.55. The number of pyridine rings is 1. The quantitative estimate of drug-likeness (QED) is 0.262. The predicted molar refractivity (Wildman–Crippen MR) is 126 cm³/mol. The lowest BCUT2D eigenvalue weighted by molar-refractivity contribution is -0.116. The smallest absolute Gasteiger partial charge is 0.274 e. The van der Waals surface area contributed by atoms with E-state index in [2.05, 4.69) is 20.8 Å². The van der Waals surface area contributed by atoms with Crippen LogP contribution in [0.5, 0.6) is 0 Å². The lowest BCUT2D eigenvalue weighted by atomic mass is 10.2. The van der Waals surface area contributed by atoms with Crippen molar-refractivity contribution >= 4 is 46.2 Å². The Balaban J connectivity index is 1.51. The molecule has 0 spiro atoms. The zero-order chi connectivity index (χ0) is 22.5. The van der Waals surface area contributed by atoms with Crippen LogP contribution in [0.1, 0.15) is 21.5 Å². The van der Waals surface area contributed by atoms with Gasteiger partial charge in [-0.05, 0) is 42.8 Å². The number of aromatic nitrogens is 2. The van der Waals surface area contributed by atoms with Gasteiger partial charge in [0.25, 0.3) is 5.91 Å². The van der Waals surface area contributed by atoms with E-state index < -0.39 is 5.91 Å². The number of rotatable bonds is 6. The number of carbonyl (C=O) groups excluding carboxylic acids is 2. The Bertz CT molecular complexity index is 1330. The van der Waals surface area contributed by atoms with E-state index in [0.717, 1.165) is 27.7 Å². The highest BCUT2D eigenvalue weighted by atomic mass is 35.5. The van der Waals surface area contributed by atoms with Crippen molar-refractivity contribution in [1.82, 2.24) is 15.0 Å². The third-order valence-corrected chi connectivity index (χ3v) is 5.11. The molecule has 0 atom stereocenters. The fraction of sp³-hybridized carbons (Fsp3) is 0.0833. The maximum Gasteiger partial charge on any atom is 0.274 e. The molecule has 4 rings (SSSR count). The molecule has 160 valence electrons. The molecular weight excluding hydrogens is 426 g/mol. The number of benzene rings is 2. The summed E-state index contributed by atoms with van der Waals surface area (Å²) in [7, 11) is 0. The molecular formula is C24H20ClN5O2. The van der Waals surface area contributed by atoms with Crippen LogP contribution in [0.4, 0.5) is 5.69 Å². The topological polar surface area (TPSA) is 88.4 Å². The number of para-hydroxylation sites is 1. The van der Waals surface area contributed by atoms with Crippen LogP contribution in [0, 0.1) is 6.92 Å². The maximum absolute atomic E-state index is 12.6. The van der Waals surface area contributed by atoms with Crippen molar-refractivity contribution in [2.45, 2.75) is 13.5 Å². The first-order valence-corrected chi connectivity index (χ1v) is 10.3. The molecule has 0 fully saturated rings. The number of hydrogen-bond acceptors (Lipinski definition) is 4. The van der Waals surface area contributed by atoms with Crippen molar-refractivity contribution in [2.24, 2.45) is 5.10 Å². The zero-order valence-electron chi connectivity index (χ0n) is 17.2. The summed E-state index contributed by atoms with van der Waals surface area (Å²) in [5, 5.41) is 7.99. The molecule has 0 unspecified atom stereocenters. The van der Waals surface area contributed by atoms with Crippen LogP contribution in [-0.2, 0) is 11.3 Å². The van der Waals surface area contributed by atoms with Crippen LogP contribution < -0.4 is 10.7 Å². The van der Waals surface area contributed by atoms with Gasteiger partial charge in [-0.2, -0.15) is 5.10 Å². The SMILES string of the molecule is Cc1cccc(NC(=O)Cn2cc(C=NNC(=O)c3cccnc3Cl)c3ccccc32)c1. The molecule has 7 nitrogen and oxygen atoms in total. The number of anilines is 1. The standard InChI is InChI=1S/C24H20ClN5O2/c1-16-6-4-7-18(12-16)28-22(31)15-30-14-17(19-8-2-3-10-21(19)30)13-27-29-24(32)20-9-5-11-26-23(20)25/h2-14H,15H2,1H3,(H,28,31)(H,29,32). The minimum absolute atomic E-state index is 0.108. The molecule has 0 aliphatic heterocycles. The fourth-order valence-electron chi connectivity index (χ4n) is 3.36. The van der Waals surface area contributed by atoms with Crippen LogP contribution in [0.3, 0.4) is 0 Å². The highest BCUT2D eigenvalue weighted by molar-refractivity contribution is 6.32. The second-order valence-electron chi connectivity index (χ2n) is 7.19. The van der Waals surface area contributed by atoms with Crippen molar-refractivity contribution in [3.8, 4) is 0 Å². The number of amides is 2. The van der Waals surface area contributed by atoms with E-state index in [9.17, 15) is 9.59 Å². The molecule has 8 heteroatoms. The Morgan fingerprint density at radius 3 is 2.78 bits per heavy atom. The van der Waals surface area contributed by atoms with E-state index in [4.69, 9.17) is 11.6 Å². The van der Waals surface area contributed by atoms with Crippen molar-refractivity contribution in [2.75, 3.05) is 5.32 Å². The maximum atomic E-state index is 12.6. The van der Waals surface area contributed by atoms with Gasteiger partial charge in [-0.25, -0.2) is 10.4 Å². The minimum Gasteiger partial charge on any atom is -0.337 e. The number of nitrogens with zero attached hydrogens (tertiary/aromatic N) is 3. The summed E-state index contributed by atoms with van der Waals surface area (Å²) in [6.45, 7) is 2.11. The Kier molecular flexibility index (Phi) is 6.28. The molecule has 32 heavy (non-hydrogen) atoms. The molecule has 2 aromatic heterocycles. The molecule has 0 aliphatic carbocycles. The van der Waals surface area contributed by atoms with Gasteiger partial charge in [-0.3, -0.25) is 9.59 Å². The van der Waals surface area contributed by atoms with Crippen LogP contribution >= 0.6 is 11.6 Å². The Morgan fingerprint density at radius 2 is 1.97 bits per heavy atom. The molecule has 2 amide bonds. The van der Waals surface area contributed by atoms with E-state index in [0.29, 0.717) is 0 Å². The van der Waals surface area contributed by atoms with Gasteiger partial charge in [0.2, 0.25) is 5.91 Å². The third-order valence-electron chi connectivity index (χ3n) is 4.81. The van der Waals surface area contributed by atoms with Crippen LogP contribution in [0.2, 0.25) is 5.15 Å². The van der Waals surface area contributed by atoms with Gasteiger partial charge >= 0.3 is 0 Å². The summed E-state index contributed by atoms with van der Waals surface area (Å²) >= 11 is 5.95. The van der Waals surface area contributed by atoms with Crippen molar-refractivity contribution in [3.63, 3.8) is 0 Å². The van der Waals surface area contributed by atoms with Gasteiger partial charge < -0.3 is 9.88 Å². The summed E-state index contributed by atoms with van der Waals surface area (Å²) in [6, 6.07) is 18.5. The lowest BCUT2D eigenvalue weighted by Crippen LogP contribution is -2.18. The summed E-state index contributed by atoms with van der Waals surface area (Å²) in [4.78, 5) is 28.7. The van der Waals surface area contributed by atoms with E-state index >= 15 is 0 Å². The number of halogens is 1. The van der Waals surface area contributed by atoms with Crippen molar-refractivity contribution in [3.05, 3.63) is 94.9 Å². The highest BCUT2D eigenvalue weighted by Crippen LogP contribution is 2.20. The molecule has 2 N–H and O–H groups in total. The van der Waals surface area contributed by atoms with Crippen molar-refractivity contribution in [1.29, 1.82) is 0 Å². The average molecular weight is 446 g/mol. The molecule has 2 heterocycles. The first kappa shape index (κ1) is 21.3. The molecule has 2 aromatic carbocycles. The Morgan fingerprint density at radius 1 is 1.12 bits per heavy atom. The third kappa shape index (κ3) is 4.84. The van der Waals surface area contributed by atoms with Crippen LogP contribution in [0.25, 0.3) is 10.9 Å². The number of hydrazone groups is 1. The van der Waals surface area contributed by atoms with Crippen LogP contribution in [-0.4, -0.2) is 27.6 Å². The van der Waals surface area contributed by atoms with Gasteiger partial charge in [-0.1, -0.05) is 41.9 Å². The van der Waals surface area contributed by atoms with Gasteiger partial charge in [0.05, 0.1) is 11.8 Å². The van der Waals surface area contributed by atoms with Gasteiger partial charge in [0.1, 0.15) is 11.7 Å². The zero-order valence-corrected chi connectivity index (χ0v) is 18.0. The number of aryl methyl sites for hydroxylation is 1. The number of fused-ring (bicyclic) bond motifs is 1. The Hall–Kier alpha value is -3.97. The summed E-state index contributed by atoms with van der Waals surface area (Å²) in [6.07, 6.45) is 4.87. The van der Waals surface area contributed by atoms with Crippen LogP contribution in [0.15, 0.2) is 78.2 Å². The van der Waals surface area contributed by atoms with Gasteiger partial charge in [0, 0.05) is 34.5 Å². The normalized spacial score (nSPS) is 11.1. The Labute approximate surface area is 189 Å². The number of hydrogen-bond donors (Lipinski definition) is 2. The van der Waals surface area contributed by atoms with Crippen molar-refractivity contribution < 1.29 is 9.59 Å². The molecule has 0 saturated carbocycles. The lowest BCUT2D eigenvalue weighted by Gasteiger charge is -2.08. The molecule has 4 aromatic rings. The van der Waals surface area contributed by atoms with E-state index in [-0.39, 0.29) is 23.2 Å². The monoisotopic (exact) mass is 445 g/mol. The molecule has 0 saturated heterocycles. The summed E-state index contributed by atoms with van der Waals surface area (Å²) in [5.74, 6) is -0.597. The summed E-state index contributed by atoms with van der Waals surface area (Å²) in [5.41, 5.74) is 6.17. The summed E-state index contributed by atoms with van der Waals surface area (Å²) < 4.78 is 1.85. The largest absolute Gasteiger partial charge is 0.337 e. The predicted octanol–water partition coefficient (Wildman–Crippen LogP) is 4.40. The second kappa shape index (κ2) is 9.45. The van der Waals surface area contributed by atoms with E-state index in [1.54, 1.807) is 18.3 Å². The van der Waals surface area contributed by atoms with E-state index in [1.807, 2.05) is 66.2 Å². The van der Waals surface area contributed by atoms with Gasteiger partial charge in [0.15, 0.2) is 0 Å². The first-order valence-electron chi connectivity index (χ1n) is 9.89. The number of nitrogens with one attached hydrogen (secondary N) is 2. The molecule has 0 radical (unpaired) electrons. The highest BCUT2D eigenvalue weighted by Gasteiger charge is 2.12. The molecule has 0 bridgehead atoms.